The van der Waals surface area contributed by atoms with Crippen molar-refractivity contribution in [2.75, 3.05) is 7.11 Å². The molecule has 0 aliphatic carbocycles. The molecule has 4 rings (SSSR count). The lowest BCUT2D eigenvalue weighted by Crippen LogP contribution is -2.00. The van der Waals surface area contributed by atoms with Crippen LogP contribution in [0.1, 0.15) is 5.56 Å². The molecule has 0 saturated heterocycles. The molecule has 0 bridgehead atoms. The zero-order valence-corrected chi connectivity index (χ0v) is 15.9. The number of hydrogen-bond donors (Lipinski definition) is 0. The van der Waals surface area contributed by atoms with Crippen molar-refractivity contribution in [1.29, 1.82) is 0 Å². The van der Waals surface area contributed by atoms with Gasteiger partial charge in [0.1, 0.15) is 23.7 Å². The van der Waals surface area contributed by atoms with E-state index in [9.17, 15) is 4.79 Å². The van der Waals surface area contributed by atoms with Crippen LogP contribution in [0.3, 0.4) is 0 Å². The molecule has 0 spiro atoms. The van der Waals surface area contributed by atoms with Crippen LogP contribution in [0.5, 0.6) is 11.5 Å². The average molecular weight is 393 g/mol. The highest BCUT2D eigenvalue weighted by molar-refractivity contribution is 6.33. The second-order valence-corrected chi connectivity index (χ2v) is 6.67. The molecule has 0 aliphatic rings. The van der Waals surface area contributed by atoms with Crippen LogP contribution < -0.4 is 15.1 Å². The fourth-order valence-corrected chi connectivity index (χ4v) is 3.24. The maximum atomic E-state index is 12.1. The van der Waals surface area contributed by atoms with E-state index in [1.54, 1.807) is 19.2 Å². The lowest BCUT2D eigenvalue weighted by atomic mass is 10.0. The molecule has 4 nitrogen and oxygen atoms in total. The third-order valence-electron chi connectivity index (χ3n) is 4.44. The Balaban J connectivity index is 1.74. The molecule has 1 aromatic heterocycles. The van der Waals surface area contributed by atoms with Crippen LogP contribution in [0.4, 0.5) is 0 Å². The van der Waals surface area contributed by atoms with Crippen molar-refractivity contribution in [2.24, 2.45) is 0 Å². The number of benzene rings is 3. The smallest absolute Gasteiger partial charge is 0.336 e. The Hall–Kier alpha value is -3.24. The lowest BCUT2D eigenvalue weighted by Gasteiger charge is -2.11. The Morgan fingerprint density at radius 2 is 1.71 bits per heavy atom. The molecule has 28 heavy (non-hydrogen) atoms. The van der Waals surface area contributed by atoms with Gasteiger partial charge in [0, 0.05) is 17.5 Å². The van der Waals surface area contributed by atoms with Crippen molar-refractivity contribution in [3.8, 4) is 22.6 Å². The van der Waals surface area contributed by atoms with Crippen molar-refractivity contribution in [3.05, 3.63) is 93.8 Å². The van der Waals surface area contributed by atoms with Gasteiger partial charge in [0.05, 0.1) is 12.1 Å². The molecule has 0 amide bonds. The van der Waals surface area contributed by atoms with E-state index in [4.69, 9.17) is 25.5 Å². The fraction of sp³-hybridized carbons (Fsp3) is 0.0870. The van der Waals surface area contributed by atoms with E-state index in [1.807, 2.05) is 54.6 Å². The summed E-state index contributed by atoms with van der Waals surface area (Å²) in [6, 6.07) is 22.1. The quantitative estimate of drug-likeness (QED) is 0.409. The largest absolute Gasteiger partial charge is 0.497 e. The predicted molar refractivity (Wildman–Crippen MR) is 110 cm³/mol. The van der Waals surface area contributed by atoms with E-state index in [0.29, 0.717) is 23.0 Å². The van der Waals surface area contributed by atoms with Crippen LogP contribution >= 0.6 is 11.6 Å². The fourth-order valence-electron chi connectivity index (χ4n) is 3.02. The van der Waals surface area contributed by atoms with E-state index in [1.165, 1.54) is 6.07 Å². The third kappa shape index (κ3) is 3.73. The van der Waals surface area contributed by atoms with Gasteiger partial charge in [0.2, 0.25) is 0 Å². The minimum atomic E-state index is -0.436. The van der Waals surface area contributed by atoms with Crippen molar-refractivity contribution in [2.45, 2.75) is 6.61 Å². The summed E-state index contributed by atoms with van der Waals surface area (Å²) in [6.07, 6.45) is 0. The number of rotatable bonds is 5. The summed E-state index contributed by atoms with van der Waals surface area (Å²) in [7, 11) is 1.61. The first-order valence-electron chi connectivity index (χ1n) is 8.72. The Bertz CT molecular complexity index is 1170. The zero-order valence-electron chi connectivity index (χ0n) is 15.1. The summed E-state index contributed by atoms with van der Waals surface area (Å²) in [6.45, 7) is 0.370. The van der Waals surface area contributed by atoms with Crippen LogP contribution in [0.25, 0.3) is 22.1 Å². The second kappa shape index (κ2) is 7.79. The number of ether oxygens (including phenoxy) is 2. The van der Waals surface area contributed by atoms with Gasteiger partial charge in [-0.25, -0.2) is 4.79 Å². The highest BCUT2D eigenvalue weighted by atomic mass is 35.5. The van der Waals surface area contributed by atoms with Gasteiger partial charge in [0.25, 0.3) is 0 Å². The minimum Gasteiger partial charge on any atom is -0.497 e. The van der Waals surface area contributed by atoms with Gasteiger partial charge in [0.15, 0.2) is 0 Å². The van der Waals surface area contributed by atoms with Gasteiger partial charge in [-0.2, -0.15) is 0 Å². The summed E-state index contributed by atoms with van der Waals surface area (Å²) in [5.74, 6) is 1.21. The molecule has 0 aliphatic heterocycles. The highest BCUT2D eigenvalue weighted by Crippen LogP contribution is 2.35. The van der Waals surface area contributed by atoms with Crippen molar-refractivity contribution >= 4 is 22.6 Å². The van der Waals surface area contributed by atoms with Crippen LogP contribution in [-0.2, 0) is 6.61 Å². The summed E-state index contributed by atoms with van der Waals surface area (Å²) in [5.41, 5.74) is 2.62. The normalized spacial score (nSPS) is 10.8. The second-order valence-electron chi connectivity index (χ2n) is 6.26. The third-order valence-corrected chi connectivity index (χ3v) is 4.73. The first-order valence-corrected chi connectivity index (χ1v) is 9.10. The zero-order chi connectivity index (χ0) is 19.5. The number of hydrogen-bond acceptors (Lipinski definition) is 4. The molecule has 1 heterocycles. The van der Waals surface area contributed by atoms with Crippen LogP contribution in [0.15, 0.2) is 82.0 Å². The molecule has 5 heteroatoms. The number of fused-ring (bicyclic) bond motifs is 1. The van der Waals surface area contributed by atoms with Crippen LogP contribution in [0, 0.1) is 0 Å². The Labute approximate surface area is 166 Å². The van der Waals surface area contributed by atoms with Crippen molar-refractivity contribution < 1.29 is 13.9 Å². The predicted octanol–water partition coefficient (Wildman–Crippen LogP) is 5.70. The molecular weight excluding hydrogens is 376 g/mol. The molecule has 0 radical (unpaired) electrons. The SMILES string of the molecule is COc1ccc(-c2cc(=O)oc3cc(OCc4ccccc4)c(Cl)cc23)cc1. The Morgan fingerprint density at radius 3 is 2.43 bits per heavy atom. The van der Waals surface area contributed by atoms with E-state index in [0.717, 1.165) is 27.8 Å². The highest BCUT2D eigenvalue weighted by Gasteiger charge is 2.13. The maximum Gasteiger partial charge on any atom is 0.336 e. The average Bonchev–Trinajstić information content (AvgIpc) is 2.73. The standard InChI is InChI=1S/C23H17ClO4/c1-26-17-9-7-16(8-10-17)18-12-23(25)28-21-13-22(20(24)11-19(18)21)27-14-15-5-3-2-4-6-15/h2-13H,14H2,1H3. The molecule has 4 aromatic rings. The van der Waals surface area contributed by atoms with Crippen LogP contribution in [-0.4, -0.2) is 7.11 Å². The topological polar surface area (TPSA) is 48.7 Å². The van der Waals surface area contributed by atoms with Crippen molar-refractivity contribution in [3.63, 3.8) is 0 Å². The number of halogens is 1. The molecule has 0 atom stereocenters. The number of methoxy groups -OCH3 is 1. The molecule has 140 valence electrons. The molecule has 0 unspecified atom stereocenters. The Morgan fingerprint density at radius 1 is 0.964 bits per heavy atom. The van der Waals surface area contributed by atoms with E-state index in [2.05, 4.69) is 0 Å². The lowest BCUT2D eigenvalue weighted by molar-refractivity contribution is 0.306. The van der Waals surface area contributed by atoms with Gasteiger partial charge < -0.3 is 13.9 Å². The van der Waals surface area contributed by atoms with Gasteiger partial charge in [-0.05, 0) is 34.9 Å². The summed E-state index contributed by atoms with van der Waals surface area (Å²) in [4.78, 5) is 12.1. The first kappa shape index (κ1) is 18.1. The molecule has 0 saturated carbocycles. The Kier molecular flexibility index (Phi) is 5.04. The maximum absolute atomic E-state index is 12.1. The summed E-state index contributed by atoms with van der Waals surface area (Å²) >= 11 is 6.45. The summed E-state index contributed by atoms with van der Waals surface area (Å²) in [5, 5.41) is 1.19. The molecule has 0 fully saturated rings. The first-order chi connectivity index (χ1) is 13.6. The van der Waals surface area contributed by atoms with E-state index in [-0.39, 0.29) is 0 Å². The van der Waals surface area contributed by atoms with E-state index >= 15 is 0 Å². The van der Waals surface area contributed by atoms with Gasteiger partial charge in [-0.1, -0.05) is 54.1 Å². The molecule has 0 N–H and O–H groups in total. The van der Waals surface area contributed by atoms with Gasteiger partial charge in [-0.3, -0.25) is 0 Å². The monoisotopic (exact) mass is 392 g/mol. The van der Waals surface area contributed by atoms with Crippen LogP contribution in [0.2, 0.25) is 5.02 Å². The summed E-state index contributed by atoms with van der Waals surface area (Å²) < 4.78 is 16.4. The molecular formula is C23H17ClO4. The minimum absolute atomic E-state index is 0.370. The van der Waals surface area contributed by atoms with Gasteiger partial charge in [-0.15, -0.1) is 0 Å². The van der Waals surface area contributed by atoms with E-state index < -0.39 is 5.63 Å². The van der Waals surface area contributed by atoms with Crippen molar-refractivity contribution in [1.82, 2.24) is 0 Å². The molecule has 3 aromatic carbocycles. The van der Waals surface area contributed by atoms with Gasteiger partial charge >= 0.3 is 5.63 Å².